The zero-order valence-corrected chi connectivity index (χ0v) is 23.0. The molecule has 1 saturated heterocycles. The van der Waals surface area contributed by atoms with Crippen molar-refractivity contribution in [2.24, 2.45) is 5.73 Å². The van der Waals surface area contributed by atoms with Gasteiger partial charge in [-0.15, -0.1) is 0 Å². The van der Waals surface area contributed by atoms with E-state index in [-0.39, 0.29) is 11.8 Å². The number of ether oxygens (including phenoxy) is 1. The van der Waals surface area contributed by atoms with Gasteiger partial charge in [-0.1, -0.05) is 43.3 Å². The van der Waals surface area contributed by atoms with Gasteiger partial charge in [0.15, 0.2) is 0 Å². The lowest BCUT2D eigenvalue weighted by molar-refractivity contribution is -0.143. The fourth-order valence-corrected chi connectivity index (χ4v) is 4.98. The second-order valence-corrected chi connectivity index (χ2v) is 10.0. The lowest BCUT2D eigenvalue weighted by atomic mass is 10.0. The SMILES string of the molecule is C=C(c1cccc(CCN(CCN)Cc2cccc(F)c2)c1)N1CCN(CCCCCC(=O)OCC)CC1. The van der Waals surface area contributed by atoms with E-state index in [1.807, 2.05) is 13.0 Å². The second-order valence-electron chi connectivity index (χ2n) is 10.0. The van der Waals surface area contributed by atoms with Crippen molar-refractivity contribution in [3.63, 3.8) is 0 Å². The molecule has 1 aliphatic heterocycles. The molecule has 0 spiro atoms. The Morgan fingerprint density at radius 2 is 1.79 bits per heavy atom. The van der Waals surface area contributed by atoms with E-state index in [0.717, 1.165) is 82.8 Å². The number of nitrogens with zero attached hydrogens (tertiary/aromatic N) is 3. The van der Waals surface area contributed by atoms with Crippen molar-refractivity contribution >= 4 is 11.7 Å². The summed E-state index contributed by atoms with van der Waals surface area (Å²) in [7, 11) is 0. The smallest absolute Gasteiger partial charge is 0.305 e. The van der Waals surface area contributed by atoms with Gasteiger partial charge < -0.3 is 15.4 Å². The van der Waals surface area contributed by atoms with Crippen LogP contribution in [0.4, 0.5) is 4.39 Å². The molecule has 0 aromatic heterocycles. The van der Waals surface area contributed by atoms with E-state index in [0.29, 0.717) is 26.1 Å². The van der Waals surface area contributed by atoms with Crippen molar-refractivity contribution in [2.75, 3.05) is 59.0 Å². The van der Waals surface area contributed by atoms with Crippen molar-refractivity contribution in [3.05, 3.63) is 77.6 Å². The van der Waals surface area contributed by atoms with Crippen LogP contribution in [0.25, 0.3) is 5.70 Å². The Morgan fingerprint density at radius 3 is 2.53 bits per heavy atom. The summed E-state index contributed by atoms with van der Waals surface area (Å²) in [5, 5.41) is 0. The van der Waals surface area contributed by atoms with Gasteiger partial charge >= 0.3 is 5.97 Å². The molecule has 2 aromatic rings. The van der Waals surface area contributed by atoms with Crippen LogP contribution in [0.2, 0.25) is 0 Å². The van der Waals surface area contributed by atoms with Crippen LogP contribution in [0.15, 0.2) is 55.1 Å². The molecule has 6 nitrogen and oxygen atoms in total. The monoisotopic (exact) mass is 524 g/mol. The quantitative estimate of drug-likeness (QED) is 0.257. The molecule has 1 heterocycles. The molecule has 0 bridgehead atoms. The molecular weight excluding hydrogens is 479 g/mol. The first-order valence-electron chi connectivity index (χ1n) is 14.1. The first-order valence-corrected chi connectivity index (χ1v) is 14.1. The first kappa shape index (κ1) is 29.8. The summed E-state index contributed by atoms with van der Waals surface area (Å²) in [4.78, 5) is 18.6. The standard InChI is InChI=1S/C31H45FN4O2/c1-3-38-31(37)13-5-4-6-16-34-19-21-36(22-20-34)26(2)29-11-7-9-27(23-29)14-17-35(18-15-33)25-28-10-8-12-30(32)24-28/h7-12,23-24H,2-6,13-22,25,33H2,1H3. The van der Waals surface area contributed by atoms with Crippen molar-refractivity contribution in [3.8, 4) is 0 Å². The predicted molar refractivity (Wildman–Crippen MR) is 153 cm³/mol. The van der Waals surface area contributed by atoms with E-state index in [9.17, 15) is 9.18 Å². The summed E-state index contributed by atoms with van der Waals surface area (Å²) in [6.45, 7) is 14.7. The molecule has 0 unspecified atom stereocenters. The molecule has 1 aliphatic rings. The maximum Gasteiger partial charge on any atom is 0.305 e. The second kappa shape index (κ2) is 16.3. The number of rotatable bonds is 16. The van der Waals surface area contributed by atoms with Crippen molar-refractivity contribution in [1.29, 1.82) is 0 Å². The third-order valence-corrected chi connectivity index (χ3v) is 7.13. The minimum absolute atomic E-state index is 0.0829. The van der Waals surface area contributed by atoms with E-state index in [1.165, 1.54) is 17.2 Å². The number of unbranched alkanes of at least 4 members (excludes halogenated alkanes) is 2. The van der Waals surface area contributed by atoms with Crippen molar-refractivity contribution in [1.82, 2.24) is 14.7 Å². The number of esters is 1. The van der Waals surface area contributed by atoms with Gasteiger partial charge in [0.25, 0.3) is 0 Å². The maximum atomic E-state index is 13.6. The zero-order chi connectivity index (χ0) is 27.2. The highest BCUT2D eigenvalue weighted by Crippen LogP contribution is 2.21. The van der Waals surface area contributed by atoms with Crippen LogP contribution in [0.3, 0.4) is 0 Å². The van der Waals surface area contributed by atoms with Crippen LogP contribution in [0.5, 0.6) is 0 Å². The first-order chi connectivity index (χ1) is 18.5. The van der Waals surface area contributed by atoms with Crippen LogP contribution >= 0.6 is 0 Å². The third-order valence-electron chi connectivity index (χ3n) is 7.13. The summed E-state index contributed by atoms with van der Waals surface area (Å²) in [6.07, 6.45) is 4.51. The van der Waals surface area contributed by atoms with E-state index in [4.69, 9.17) is 10.5 Å². The normalized spacial score (nSPS) is 14.2. The van der Waals surface area contributed by atoms with Crippen LogP contribution in [-0.4, -0.2) is 79.6 Å². The van der Waals surface area contributed by atoms with Crippen LogP contribution in [-0.2, 0) is 22.5 Å². The molecule has 7 heteroatoms. The molecule has 3 rings (SSSR count). The average molecular weight is 525 g/mol. The van der Waals surface area contributed by atoms with E-state index >= 15 is 0 Å². The highest BCUT2D eigenvalue weighted by atomic mass is 19.1. The van der Waals surface area contributed by atoms with Gasteiger partial charge in [-0.3, -0.25) is 14.6 Å². The maximum absolute atomic E-state index is 13.6. The molecule has 0 aliphatic carbocycles. The summed E-state index contributed by atoms with van der Waals surface area (Å²) >= 11 is 0. The number of hydrogen-bond acceptors (Lipinski definition) is 6. The number of carbonyl (C=O) groups excluding carboxylic acids is 1. The molecular formula is C31H45FN4O2. The molecule has 38 heavy (non-hydrogen) atoms. The molecule has 0 amide bonds. The molecule has 0 atom stereocenters. The largest absolute Gasteiger partial charge is 0.466 e. The van der Waals surface area contributed by atoms with Crippen molar-refractivity contribution < 1.29 is 13.9 Å². The minimum atomic E-state index is -0.201. The Morgan fingerprint density at radius 1 is 1.03 bits per heavy atom. The predicted octanol–water partition coefficient (Wildman–Crippen LogP) is 4.54. The van der Waals surface area contributed by atoms with Gasteiger partial charge in [-0.2, -0.15) is 0 Å². The van der Waals surface area contributed by atoms with Gasteiger partial charge in [-0.25, -0.2) is 4.39 Å². The van der Waals surface area contributed by atoms with E-state index in [1.54, 1.807) is 12.1 Å². The number of hydrogen-bond donors (Lipinski definition) is 1. The fraction of sp³-hybridized carbons (Fsp3) is 0.516. The number of nitrogens with two attached hydrogens (primary N) is 1. The molecule has 2 aromatic carbocycles. The van der Waals surface area contributed by atoms with E-state index < -0.39 is 0 Å². The van der Waals surface area contributed by atoms with Crippen LogP contribution in [0, 0.1) is 5.82 Å². The molecule has 1 fully saturated rings. The Hall–Kier alpha value is -2.74. The van der Waals surface area contributed by atoms with E-state index in [2.05, 4.69) is 45.5 Å². The molecule has 2 N–H and O–H groups in total. The van der Waals surface area contributed by atoms with Crippen LogP contribution < -0.4 is 5.73 Å². The number of benzene rings is 2. The van der Waals surface area contributed by atoms with Gasteiger partial charge in [0.2, 0.25) is 0 Å². The molecule has 0 radical (unpaired) electrons. The van der Waals surface area contributed by atoms with Gasteiger partial charge in [0.1, 0.15) is 5.82 Å². The fourth-order valence-electron chi connectivity index (χ4n) is 4.98. The lowest BCUT2D eigenvalue weighted by Gasteiger charge is -2.37. The molecule has 208 valence electrons. The van der Waals surface area contributed by atoms with Crippen LogP contribution in [0.1, 0.15) is 49.3 Å². The Balaban J connectivity index is 1.42. The Kier molecular flexibility index (Phi) is 12.8. The highest BCUT2D eigenvalue weighted by molar-refractivity contribution is 5.69. The van der Waals surface area contributed by atoms with Gasteiger partial charge in [0.05, 0.1) is 6.61 Å². The third kappa shape index (κ3) is 10.2. The topological polar surface area (TPSA) is 62.0 Å². The summed E-state index contributed by atoms with van der Waals surface area (Å²) in [5.41, 5.74) is 10.3. The average Bonchev–Trinajstić information content (AvgIpc) is 2.92. The number of carbonyl (C=O) groups is 1. The number of halogens is 1. The minimum Gasteiger partial charge on any atom is -0.466 e. The van der Waals surface area contributed by atoms with Gasteiger partial charge in [0, 0.05) is 64.5 Å². The Labute approximate surface area is 228 Å². The van der Waals surface area contributed by atoms with Crippen molar-refractivity contribution in [2.45, 2.75) is 45.6 Å². The number of piperazine rings is 1. The summed E-state index contributed by atoms with van der Waals surface area (Å²) in [5.74, 6) is -0.284. The molecule has 0 saturated carbocycles. The highest BCUT2D eigenvalue weighted by Gasteiger charge is 2.18. The lowest BCUT2D eigenvalue weighted by Crippen LogP contribution is -2.45. The zero-order valence-electron chi connectivity index (χ0n) is 23.0. The Bertz CT molecular complexity index is 1010. The van der Waals surface area contributed by atoms with Gasteiger partial charge in [-0.05, 0) is 67.6 Å². The summed E-state index contributed by atoms with van der Waals surface area (Å²) < 4.78 is 18.6. The summed E-state index contributed by atoms with van der Waals surface area (Å²) in [6, 6.07) is 15.5.